The lowest BCUT2D eigenvalue weighted by molar-refractivity contribution is -0.144. The lowest BCUT2D eigenvalue weighted by Gasteiger charge is -2.16. The van der Waals surface area contributed by atoms with Gasteiger partial charge in [0.15, 0.2) is 6.61 Å². The standard InChI is InChI=1S/C20H21ClN2O5S2/c21-17-8-1-2-9-18(17)29-14-20(25)28-13-19(24)22-15-6-5-7-16(12-15)30(26,27)23-10-3-4-11-23/h1-2,5-9,12H,3-4,10-11,13-14H2,(H,22,24). The summed E-state index contributed by atoms with van der Waals surface area (Å²) in [5, 5.41) is 3.09. The van der Waals surface area contributed by atoms with Gasteiger partial charge in [0, 0.05) is 23.7 Å². The fourth-order valence-electron chi connectivity index (χ4n) is 2.90. The highest BCUT2D eigenvalue weighted by atomic mass is 35.5. The number of hydrogen-bond acceptors (Lipinski definition) is 6. The Kier molecular flexibility index (Phi) is 7.76. The second-order valence-corrected chi connectivity index (χ2v) is 9.93. The fraction of sp³-hybridized carbons (Fsp3) is 0.300. The summed E-state index contributed by atoms with van der Waals surface area (Å²) < 4.78 is 31.7. The van der Waals surface area contributed by atoms with Crippen LogP contribution in [0.1, 0.15) is 12.8 Å². The molecule has 160 valence electrons. The molecule has 1 heterocycles. The van der Waals surface area contributed by atoms with E-state index in [0.717, 1.165) is 17.7 Å². The first kappa shape index (κ1) is 22.6. The number of rotatable bonds is 8. The van der Waals surface area contributed by atoms with Crippen LogP contribution in [0.5, 0.6) is 0 Å². The lowest BCUT2D eigenvalue weighted by Crippen LogP contribution is -2.28. The highest BCUT2D eigenvalue weighted by molar-refractivity contribution is 8.00. The Hall–Kier alpha value is -2.07. The van der Waals surface area contributed by atoms with E-state index in [4.69, 9.17) is 16.3 Å². The number of esters is 1. The van der Waals surface area contributed by atoms with Gasteiger partial charge in [0.1, 0.15) is 0 Å². The van der Waals surface area contributed by atoms with Crippen molar-refractivity contribution in [3.05, 3.63) is 53.6 Å². The molecule has 1 N–H and O–H groups in total. The molecular weight excluding hydrogens is 448 g/mol. The molecule has 0 spiro atoms. The van der Waals surface area contributed by atoms with Gasteiger partial charge < -0.3 is 10.1 Å². The Labute approximate surface area is 184 Å². The molecule has 0 radical (unpaired) electrons. The highest BCUT2D eigenvalue weighted by Gasteiger charge is 2.27. The van der Waals surface area contributed by atoms with E-state index in [0.29, 0.717) is 23.8 Å². The largest absolute Gasteiger partial charge is 0.455 e. The van der Waals surface area contributed by atoms with Crippen LogP contribution in [0.3, 0.4) is 0 Å². The zero-order valence-corrected chi connectivity index (χ0v) is 18.4. The van der Waals surface area contributed by atoms with Gasteiger partial charge in [-0.3, -0.25) is 9.59 Å². The molecule has 0 atom stereocenters. The van der Waals surface area contributed by atoms with Gasteiger partial charge in [-0.2, -0.15) is 4.31 Å². The van der Waals surface area contributed by atoms with Crippen LogP contribution in [0.2, 0.25) is 5.02 Å². The summed E-state index contributed by atoms with van der Waals surface area (Å²) in [4.78, 5) is 24.8. The van der Waals surface area contributed by atoms with E-state index in [1.165, 1.54) is 28.2 Å². The smallest absolute Gasteiger partial charge is 0.316 e. The number of benzene rings is 2. The second kappa shape index (κ2) is 10.3. The van der Waals surface area contributed by atoms with E-state index in [1.807, 2.05) is 6.07 Å². The lowest BCUT2D eigenvalue weighted by atomic mass is 10.3. The highest BCUT2D eigenvalue weighted by Crippen LogP contribution is 2.26. The van der Waals surface area contributed by atoms with Crippen molar-refractivity contribution in [2.75, 3.05) is 30.8 Å². The number of carbonyl (C=O) groups is 2. The molecule has 2 aromatic carbocycles. The molecule has 0 saturated carbocycles. The first-order chi connectivity index (χ1) is 14.4. The van der Waals surface area contributed by atoms with Crippen molar-refractivity contribution in [2.24, 2.45) is 0 Å². The minimum atomic E-state index is -3.58. The summed E-state index contributed by atoms with van der Waals surface area (Å²) in [7, 11) is -3.58. The summed E-state index contributed by atoms with van der Waals surface area (Å²) in [6.07, 6.45) is 1.69. The quantitative estimate of drug-likeness (QED) is 0.471. The zero-order chi connectivity index (χ0) is 21.6. The van der Waals surface area contributed by atoms with Crippen molar-refractivity contribution in [3.63, 3.8) is 0 Å². The summed E-state index contributed by atoms with van der Waals surface area (Å²) in [6, 6.07) is 13.2. The SMILES string of the molecule is O=C(COC(=O)CSc1ccccc1Cl)Nc1cccc(S(=O)(=O)N2CCCC2)c1. The molecule has 1 fully saturated rings. The number of halogens is 1. The number of sulfonamides is 1. The minimum Gasteiger partial charge on any atom is -0.455 e. The topological polar surface area (TPSA) is 92.8 Å². The number of ether oxygens (including phenoxy) is 1. The van der Waals surface area contributed by atoms with Crippen LogP contribution in [-0.2, 0) is 24.3 Å². The third-order valence-electron chi connectivity index (χ3n) is 4.37. The molecule has 1 aliphatic rings. The van der Waals surface area contributed by atoms with E-state index in [1.54, 1.807) is 30.3 Å². The van der Waals surface area contributed by atoms with Gasteiger partial charge in [0.2, 0.25) is 10.0 Å². The summed E-state index contributed by atoms with van der Waals surface area (Å²) in [6.45, 7) is 0.535. The van der Waals surface area contributed by atoms with Crippen molar-refractivity contribution in [1.82, 2.24) is 4.31 Å². The number of nitrogens with zero attached hydrogens (tertiary/aromatic N) is 1. The van der Waals surface area contributed by atoms with Gasteiger partial charge in [-0.25, -0.2) is 8.42 Å². The molecule has 1 amide bonds. The third kappa shape index (κ3) is 5.98. The third-order valence-corrected chi connectivity index (χ3v) is 7.75. The van der Waals surface area contributed by atoms with Crippen LogP contribution in [0.4, 0.5) is 5.69 Å². The molecule has 0 aliphatic carbocycles. The molecule has 10 heteroatoms. The number of carbonyl (C=O) groups excluding carboxylic acids is 2. The average Bonchev–Trinajstić information content (AvgIpc) is 3.28. The van der Waals surface area contributed by atoms with Gasteiger partial charge in [0.25, 0.3) is 5.91 Å². The maximum Gasteiger partial charge on any atom is 0.316 e. The predicted molar refractivity (Wildman–Crippen MR) is 116 cm³/mol. The maximum absolute atomic E-state index is 12.6. The maximum atomic E-state index is 12.6. The van der Waals surface area contributed by atoms with E-state index in [-0.39, 0.29) is 10.6 Å². The van der Waals surface area contributed by atoms with Gasteiger partial charge in [-0.15, -0.1) is 11.8 Å². The summed E-state index contributed by atoms with van der Waals surface area (Å²) >= 11 is 7.25. The Morgan fingerprint density at radius 1 is 1.10 bits per heavy atom. The monoisotopic (exact) mass is 468 g/mol. The molecule has 1 aliphatic heterocycles. The van der Waals surface area contributed by atoms with Crippen molar-refractivity contribution >= 4 is 50.9 Å². The first-order valence-corrected chi connectivity index (χ1v) is 12.1. The molecular formula is C20H21ClN2O5S2. The Balaban J connectivity index is 1.50. The van der Waals surface area contributed by atoms with Crippen molar-refractivity contribution in [1.29, 1.82) is 0 Å². The summed E-state index contributed by atoms with van der Waals surface area (Å²) in [5.74, 6) is -1.09. The number of nitrogens with one attached hydrogen (secondary N) is 1. The Morgan fingerprint density at radius 3 is 2.57 bits per heavy atom. The van der Waals surface area contributed by atoms with Crippen molar-refractivity contribution in [2.45, 2.75) is 22.6 Å². The molecule has 0 unspecified atom stereocenters. The normalized spacial score (nSPS) is 14.4. The predicted octanol–water partition coefficient (Wildman–Crippen LogP) is 3.40. The van der Waals surface area contributed by atoms with Crippen LogP contribution in [-0.4, -0.2) is 50.0 Å². The van der Waals surface area contributed by atoms with E-state index >= 15 is 0 Å². The molecule has 0 bridgehead atoms. The number of amides is 1. The number of anilines is 1. The van der Waals surface area contributed by atoms with Crippen LogP contribution in [0, 0.1) is 0 Å². The van der Waals surface area contributed by atoms with Crippen LogP contribution in [0.25, 0.3) is 0 Å². The molecule has 2 aromatic rings. The van der Waals surface area contributed by atoms with Gasteiger partial charge >= 0.3 is 5.97 Å². The second-order valence-electron chi connectivity index (χ2n) is 6.57. The van der Waals surface area contributed by atoms with Crippen molar-refractivity contribution in [3.8, 4) is 0 Å². The summed E-state index contributed by atoms with van der Waals surface area (Å²) in [5.41, 5.74) is 0.321. The van der Waals surface area contributed by atoms with Crippen molar-refractivity contribution < 1.29 is 22.7 Å². The van der Waals surface area contributed by atoms with Gasteiger partial charge in [-0.1, -0.05) is 29.8 Å². The van der Waals surface area contributed by atoms with E-state index < -0.39 is 28.5 Å². The Morgan fingerprint density at radius 2 is 1.83 bits per heavy atom. The molecule has 0 aromatic heterocycles. The first-order valence-electron chi connectivity index (χ1n) is 9.29. The van der Waals surface area contributed by atoms with Crippen LogP contribution < -0.4 is 5.32 Å². The average molecular weight is 469 g/mol. The fourth-order valence-corrected chi connectivity index (χ4v) is 5.50. The number of hydrogen-bond donors (Lipinski definition) is 1. The molecule has 30 heavy (non-hydrogen) atoms. The Bertz CT molecular complexity index is 1020. The van der Waals surface area contributed by atoms with E-state index in [2.05, 4.69) is 5.32 Å². The van der Waals surface area contributed by atoms with Gasteiger partial charge in [-0.05, 0) is 43.2 Å². The molecule has 1 saturated heterocycles. The van der Waals surface area contributed by atoms with E-state index in [9.17, 15) is 18.0 Å². The minimum absolute atomic E-state index is 0.0145. The molecule has 3 rings (SSSR count). The molecule has 7 nitrogen and oxygen atoms in total. The number of thioether (sulfide) groups is 1. The van der Waals surface area contributed by atoms with Gasteiger partial charge in [0.05, 0.1) is 15.7 Å². The van der Waals surface area contributed by atoms with Crippen LogP contribution in [0.15, 0.2) is 58.3 Å². The zero-order valence-electron chi connectivity index (χ0n) is 16.0. The van der Waals surface area contributed by atoms with Crippen LogP contribution >= 0.6 is 23.4 Å².